The van der Waals surface area contributed by atoms with Crippen molar-refractivity contribution in [3.8, 4) is 0 Å². The van der Waals surface area contributed by atoms with Crippen molar-refractivity contribution in [2.75, 3.05) is 10.6 Å². The van der Waals surface area contributed by atoms with Gasteiger partial charge < -0.3 is 10.6 Å². The number of thiophene rings is 1. The number of aryl methyl sites for hydroxylation is 2. The van der Waals surface area contributed by atoms with Crippen LogP contribution in [-0.2, 0) is 17.6 Å². The summed E-state index contributed by atoms with van der Waals surface area (Å²) in [5, 5.41) is 6.41. The molecule has 1 aliphatic heterocycles. The van der Waals surface area contributed by atoms with E-state index in [4.69, 9.17) is 4.99 Å². The molecule has 0 bridgehead atoms. The predicted octanol–water partition coefficient (Wildman–Crippen LogP) is 4.66. The molecule has 0 saturated carbocycles. The molecule has 0 saturated heterocycles. The predicted molar refractivity (Wildman–Crippen MR) is 119 cm³/mol. The Hall–Kier alpha value is -3.32. The molecular formula is C23H20N4O2S. The lowest BCUT2D eigenvalue weighted by Gasteiger charge is -2.12. The molecule has 30 heavy (non-hydrogen) atoms. The van der Waals surface area contributed by atoms with Crippen LogP contribution in [0.4, 0.5) is 16.4 Å². The normalized spacial score (nSPS) is 16.2. The van der Waals surface area contributed by atoms with Crippen LogP contribution in [0.1, 0.15) is 44.8 Å². The summed E-state index contributed by atoms with van der Waals surface area (Å²) < 4.78 is 0. The van der Waals surface area contributed by atoms with Crippen LogP contribution in [0.2, 0.25) is 0 Å². The molecule has 2 amide bonds. The van der Waals surface area contributed by atoms with Gasteiger partial charge in [0.15, 0.2) is 0 Å². The first-order valence-corrected chi connectivity index (χ1v) is 10.8. The summed E-state index contributed by atoms with van der Waals surface area (Å²) in [6, 6.07) is 9.38. The number of carbonyl (C=O) groups excluding carboxylic acids is 2. The number of rotatable bonds is 3. The quantitative estimate of drug-likeness (QED) is 0.652. The molecule has 0 spiro atoms. The van der Waals surface area contributed by atoms with Gasteiger partial charge in [0.1, 0.15) is 10.7 Å². The lowest BCUT2D eigenvalue weighted by molar-refractivity contribution is -0.110. The van der Waals surface area contributed by atoms with E-state index in [9.17, 15) is 9.59 Å². The van der Waals surface area contributed by atoms with Crippen molar-refractivity contribution in [1.29, 1.82) is 0 Å². The van der Waals surface area contributed by atoms with E-state index in [1.807, 2.05) is 25.1 Å². The van der Waals surface area contributed by atoms with Crippen molar-refractivity contribution in [2.24, 2.45) is 4.99 Å². The SMILES string of the molecule is Cc1ccc2c(c1)C(=Nc1sc3c(c1C(=O)Nc1cccnc1)CCCC3)C(=O)N2. The molecule has 0 unspecified atom stereocenters. The van der Waals surface area contributed by atoms with Crippen molar-refractivity contribution in [2.45, 2.75) is 32.6 Å². The van der Waals surface area contributed by atoms with Gasteiger partial charge in [0.25, 0.3) is 11.8 Å². The number of fused-ring (bicyclic) bond motifs is 2. The second kappa shape index (κ2) is 7.50. The number of anilines is 2. The van der Waals surface area contributed by atoms with E-state index < -0.39 is 0 Å². The van der Waals surface area contributed by atoms with Gasteiger partial charge in [0.2, 0.25) is 0 Å². The average molecular weight is 417 g/mol. The van der Waals surface area contributed by atoms with Crippen molar-refractivity contribution in [3.05, 3.63) is 69.9 Å². The summed E-state index contributed by atoms with van der Waals surface area (Å²) >= 11 is 1.52. The monoisotopic (exact) mass is 416 g/mol. The molecule has 1 aromatic carbocycles. The maximum Gasteiger partial charge on any atom is 0.275 e. The molecule has 3 aromatic rings. The maximum absolute atomic E-state index is 13.2. The zero-order valence-corrected chi connectivity index (χ0v) is 17.3. The number of benzene rings is 1. The number of aromatic nitrogens is 1. The molecular weight excluding hydrogens is 396 g/mol. The summed E-state index contributed by atoms with van der Waals surface area (Å²) in [6.45, 7) is 1.98. The topological polar surface area (TPSA) is 83.5 Å². The highest BCUT2D eigenvalue weighted by Crippen LogP contribution is 2.41. The summed E-state index contributed by atoms with van der Waals surface area (Å²) in [5.74, 6) is -0.440. The van der Waals surface area contributed by atoms with E-state index >= 15 is 0 Å². The molecule has 2 N–H and O–H groups in total. The Morgan fingerprint density at radius 1 is 1.23 bits per heavy atom. The average Bonchev–Trinajstić information content (AvgIpc) is 3.26. The molecule has 2 aromatic heterocycles. The molecule has 6 nitrogen and oxygen atoms in total. The van der Waals surface area contributed by atoms with Gasteiger partial charge in [-0.15, -0.1) is 11.3 Å². The summed E-state index contributed by atoms with van der Waals surface area (Å²) in [4.78, 5) is 35.8. The van der Waals surface area contributed by atoms with Gasteiger partial charge in [-0.1, -0.05) is 11.6 Å². The Morgan fingerprint density at radius 2 is 2.10 bits per heavy atom. The Balaban J connectivity index is 1.60. The first-order chi connectivity index (χ1) is 14.6. The van der Waals surface area contributed by atoms with Gasteiger partial charge in [-0.3, -0.25) is 14.6 Å². The third kappa shape index (κ3) is 3.31. The number of hydrogen-bond donors (Lipinski definition) is 2. The Labute approximate surface area is 178 Å². The van der Waals surface area contributed by atoms with Crippen LogP contribution in [0.3, 0.4) is 0 Å². The van der Waals surface area contributed by atoms with E-state index in [1.165, 1.54) is 16.2 Å². The van der Waals surface area contributed by atoms with Gasteiger partial charge in [-0.2, -0.15) is 0 Å². The van der Waals surface area contributed by atoms with Gasteiger partial charge >= 0.3 is 0 Å². The molecule has 0 radical (unpaired) electrons. The smallest absolute Gasteiger partial charge is 0.275 e. The highest BCUT2D eigenvalue weighted by molar-refractivity contribution is 7.16. The summed E-state index contributed by atoms with van der Waals surface area (Å²) in [7, 11) is 0. The minimum atomic E-state index is -0.236. The van der Waals surface area contributed by atoms with E-state index in [1.54, 1.807) is 24.5 Å². The van der Waals surface area contributed by atoms with E-state index in [-0.39, 0.29) is 11.8 Å². The largest absolute Gasteiger partial charge is 0.320 e. The first kappa shape index (κ1) is 18.7. The second-order valence-electron chi connectivity index (χ2n) is 7.55. The molecule has 5 rings (SSSR count). The molecule has 3 heterocycles. The third-order valence-electron chi connectivity index (χ3n) is 5.41. The molecule has 2 aliphatic rings. The van der Waals surface area contributed by atoms with Gasteiger partial charge in [-0.25, -0.2) is 4.99 Å². The fourth-order valence-corrected chi connectivity index (χ4v) is 5.24. The van der Waals surface area contributed by atoms with E-state index in [0.29, 0.717) is 22.0 Å². The highest BCUT2D eigenvalue weighted by atomic mass is 32.1. The lowest BCUT2D eigenvalue weighted by atomic mass is 9.95. The number of carbonyl (C=O) groups is 2. The van der Waals surface area contributed by atoms with E-state index in [2.05, 4.69) is 15.6 Å². The van der Waals surface area contributed by atoms with E-state index in [0.717, 1.165) is 48.1 Å². The molecule has 0 fully saturated rings. The standard InChI is InChI=1S/C23H20N4O2S/c1-13-8-9-17-16(11-13)20(22(29)26-17)27-23-19(15-6-2-3-7-18(15)30-23)21(28)25-14-5-4-10-24-12-14/h4-5,8-12H,2-3,6-7H2,1H3,(H,25,28)(H,26,27,29). The Bertz CT molecular complexity index is 1200. The number of amides is 2. The molecule has 1 aliphatic carbocycles. The minimum Gasteiger partial charge on any atom is -0.320 e. The van der Waals surface area contributed by atoms with Crippen molar-refractivity contribution >= 4 is 45.2 Å². The number of hydrogen-bond acceptors (Lipinski definition) is 5. The maximum atomic E-state index is 13.2. The number of aliphatic imine (C=N–C) groups is 1. The molecule has 150 valence electrons. The fraction of sp³-hybridized carbons (Fsp3) is 0.217. The summed E-state index contributed by atoms with van der Waals surface area (Å²) in [6.07, 6.45) is 7.24. The minimum absolute atomic E-state index is 0.204. The summed E-state index contributed by atoms with van der Waals surface area (Å²) in [5.41, 5.74) is 5.24. The zero-order chi connectivity index (χ0) is 20.7. The fourth-order valence-electron chi connectivity index (χ4n) is 3.97. The molecule has 7 heteroatoms. The van der Waals surface area contributed by atoms with Crippen LogP contribution in [0.15, 0.2) is 47.7 Å². The van der Waals surface area contributed by atoms with Crippen LogP contribution in [-0.4, -0.2) is 22.5 Å². The Morgan fingerprint density at radius 3 is 2.93 bits per heavy atom. The third-order valence-corrected chi connectivity index (χ3v) is 6.59. The Kier molecular flexibility index (Phi) is 4.67. The number of nitrogens with one attached hydrogen (secondary N) is 2. The van der Waals surface area contributed by atoms with Crippen LogP contribution >= 0.6 is 11.3 Å². The van der Waals surface area contributed by atoms with Crippen LogP contribution in [0.25, 0.3) is 0 Å². The van der Waals surface area contributed by atoms with Crippen molar-refractivity contribution in [3.63, 3.8) is 0 Å². The van der Waals surface area contributed by atoms with Gasteiger partial charge in [0, 0.05) is 16.6 Å². The lowest BCUT2D eigenvalue weighted by Crippen LogP contribution is -2.16. The van der Waals surface area contributed by atoms with Crippen LogP contribution in [0, 0.1) is 6.92 Å². The van der Waals surface area contributed by atoms with Gasteiger partial charge in [-0.05, 0) is 62.4 Å². The number of nitrogens with zero attached hydrogens (tertiary/aromatic N) is 2. The van der Waals surface area contributed by atoms with Crippen molar-refractivity contribution in [1.82, 2.24) is 4.98 Å². The van der Waals surface area contributed by atoms with Crippen LogP contribution < -0.4 is 10.6 Å². The number of pyridine rings is 1. The second-order valence-corrected chi connectivity index (χ2v) is 8.63. The highest BCUT2D eigenvalue weighted by Gasteiger charge is 2.30. The van der Waals surface area contributed by atoms with Crippen LogP contribution in [0.5, 0.6) is 0 Å². The zero-order valence-electron chi connectivity index (χ0n) is 16.5. The first-order valence-electron chi connectivity index (χ1n) is 9.97. The van der Waals surface area contributed by atoms with Gasteiger partial charge in [0.05, 0.1) is 23.1 Å². The van der Waals surface area contributed by atoms with Crippen molar-refractivity contribution < 1.29 is 9.59 Å². The molecule has 0 atom stereocenters.